The van der Waals surface area contributed by atoms with Crippen LogP contribution < -0.4 is 5.32 Å². The fourth-order valence-electron chi connectivity index (χ4n) is 3.07. The normalized spacial score (nSPS) is 13.6. The number of halogens is 1. The quantitative estimate of drug-likeness (QED) is 0.681. The molecule has 0 saturated heterocycles. The number of pyridine rings is 1. The van der Waals surface area contributed by atoms with E-state index >= 15 is 0 Å². The van der Waals surface area contributed by atoms with Gasteiger partial charge in [-0.25, -0.2) is 0 Å². The first kappa shape index (κ1) is 17.7. The number of nitrogens with one attached hydrogen (secondary N) is 1. The third kappa shape index (κ3) is 4.03. The number of aryl methyl sites for hydroxylation is 1. The Balaban J connectivity index is 1.79. The highest BCUT2D eigenvalue weighted by molar-refractivity contribution is 6.30. The summed E-state index contributed by atoms with van der Waals surface area (Å²) in [7, 11) is 0. The van der Waals surface area contributed by atoms with E-state index in [1.165, 1.54) is 0 Å². The molecule has 2 heterocycles. The lowest BCUT2D eigenvalue weighted by Gasteiger charge is -2.12. The Hall–Kier alpha value is -2.66. The van der Waals surface area contributed by atoms with E-state index in [2.05, 4.69) is 22.3 Å². The van der Waals surface area contributed by atoms with Crippen LogP contribution in [0.2, 0.25) is 5.02 Å². The van der Waals surface area contributed by atoms with Gasteiger partial charge in [-0.15, -0.1) is 0 Å². The van der Waals surface area contributed by atoms with E-state index in [-0.39, 0.29) is 5.91 Å². The van der Waals surface area contributed by atoms with Gasteiger partial charge in [0.15, 0.2) is 0 Å². The van der Waals surface area contributed by atoms with Crippen LogP contribution in [-0.4, -0.2) is 26.7 Å². The van der Waals surface area contributed by atoms with E-state index in [1.807, 2.05) is 41.1 Å². The number of aromatic nitrogens is 3. The average molecular weight is 381 g/mol. The van der Waals surface area contributed by atoms with E-state index < -0.39 is 0 Å². The van der Waals surface area contributed by atoms with Gasteiger partial charge in [-0.1, -0.05) is 18.5 Å². The number of carbonyl (C=O) groups excluding carboxylic acids is 1. The molecule has 2 aromatic heterocycles. The maximum Gasteiger partial charge on any atom is 0.251 e. The van der Waals surface area contributed by atoms with Crippen molar-refractivity contribution in [2.75, 3.05) is 0 Å². The molecule has 0 unspecified atom stereocenters. The highest BCUT2D eigenvalue weighted by Gasteiger charge is 2.24. The minimum absolute atomic E-state index is 0.0453. The van der Waals surface area contributed by atoms with Crippen LogP contribution in [0, 0.1) is 0 Å². The molecule has 1 fully saturated rings. The van der Waals surface area contributed by atoms with Crippen LogP contribution in [0.1, 0.15) is 36.5 Å². The summed E-state index contributed by atoms with van der Waals surface area (Å²) in [4.78, 5) is 17.1. The van der Waals surface area contributed by atoms with Crippen molar-refractivity contribution < 1.29 is 4.79 Å². The molecule has 0 spiro atoms. The molecule has 0 aliphatic heterocycles. The molecule has 27 heavy (non-hydrogen) atoms. The maximum absolute atomic E-state index is 12.7. The van der Waals surface area contributed by atoms with E-state index in [9.17, 15) is 4.79 Å². The molecule has 0 bridgehead atoms. The molecule has 5 nitrogen and oxygen atoms in total. The summed E-state index contributed by atoms with van der Waals surface area (Å²) in [6, 6.07) is 11.8. The lowest BCUT2D eigenvalue weighted by atomic mass is 10.0. The molecule has 138 valence electrons. The lowest BCUT2D eigenvalue weighted by Crippen LogP contribution is -2.25. The van der Waals surface area contributed by atoms with Crippen LogP contribution in [0.25, 0.3) is 22.5 Å². The molecular formula is C21H21ClN4O. The predicted molar refractivity (Wildman–Crippen MR) is 107 cm³/mol. The molecule has 6 heteroatoms. The Morgan fingerprint density at radius 2 is 2.04 bits per heavy atom. The first-order chi connectivity index (χ1) is 13.1. The SMILES string of the molecule is CCCn1nccc1-c1cc(C(=O)NC2CC2)cc(-c2ccc(Cl)cn2)c1. The van der Waals surface area contributed by atoms with Gasteiger partial charge >= 0.3 is 0 Å². The molecule has 1 saturated carbocycles. The zero-order valence-electron chi connectivity index (χ0n) is 15.2. The minimum Gasteiger partial charge on any atom is -0.349 e. The van der Waals surface area contributed by atoms with Crippen LogP contribution >= 0.6 is 11.6 Å². The highest BCUT2D eigenvalue weighted by Crippen LogP contribution is 2.29. The van der Waals surface area contributed by atoms with Crippen molar-refractivity contribution in [3.63, 3.8) is 0 Å². The number of hydrogen-bond acceptors (Lipinski definition) is 3. The first-order valence-electron chi connectivity index (χ1n) is 9.24. The lowest BCUT2D eigenvalue weighted by molar-refractivity contribution is 0.0951. The average Bonchev–Trinajstić information content (AvgIpc) is 3.37. The second-order valence-corrected chi connectivity index (χ2v) is 7.28. The number of nitrogens with zero attached hydrogens (tertiary/aromatic N) is 3. The molecule has 4 rings (SSSR count). The summed E-state index contributed by atoms with van der Waals surface area (Å²) < 4.78 is 1.97. The van der Waals surface area contributed by atoms with Gasteiger partial charge in [0.05, 0.1) is 16.4 Å². The maximum atomic E-state index is 12.7. The summed E-state index contributed by atoms with van der Waals surface area (Å²) in [6.45, 7) is 2.95. The van der Waals surface area contributed by atoms with Crippen LogP contribution in [-0.2, 0) is 6.54 Å². The van der Waals surface area contributed by atoms with E-state index in [0.29, 0.717) is 16.6 Å². The first-order valence-corrected chi connectivity index (χ1v) is 9.62. The van der Waals surface area contributed by atoms with Gasteiger partial charge in [-0.05, 0) is 55.7 Å². The Labute approximate surface area is 163 Å². The zero-order valence-corrected chi connectivity index (χ0v) is 15.9. The second-order valence-electron chi connectivity index (χ2n) is 6.85. The Bertz CT molecular complexity index is 961. The van der Waals surface area contributed by atoms with E-state index in [0.717, 1.165) is 48.3 Å². The third-order valence-electron chi connectivity index (χ3n) is 4.58. The smallest absolute Gasteiger partial charge is 0.251 e. The zero-order chi connectivity index (χ0) is 18.8. The van der Waals surface area contributed by atoms with Crippen LogP contribution in [0.15, 0.2) is 48.8 Å². The standard InChI is InChI=1S/C21H21ClN4O/c1-2-9-26-20(7-8-24-26)15-10-14(19-6-3-17(22)13-23-19)11-16(12-15)21(27)25-18-4-5-18/h3,6-8,10-13,18H,2,4-5,9H2,1H3,(H,25,27). The monoisotopic (exact) mass is 380 g/mol. The number of hydrogen-bond donors (Lipinski definition) is 1. The Kier molecular flexibility index (Phi) is 4.94. The highest BCUT2D eigenvalue weighted by atomic mass is 35.5. The summed E-state index contributed by atoms with van der Waals surface area (Å²) >= 11 is 5.97. The van der Waals surface area contributed by atoms with E-state index in [1.54, 1.807) is 12.4 Å². The van der Waals surface area contributed by atoms with Crippen LogP contribution in [0.4, 0.5) is 0 Å². The molecule has 3 aromatic rings. The fourth-order valence-corrected chi connectivity index (χ4v) is 3.18. The summed E-state index contributed by atoms with van der Waals surface area (Å²) in [5, 5.41) is 8.07. The van der Waals surface area contributed by atoms with Crippen molar-refractivity contribution in [2.24, 2.45) is 0 Å². The summed E-state index contributed by atoms with van der Waals surface area (Å²) in [5.41, 5.74) is 4.25. The molecule has 0 radical (unpaired) electrons. The number of carbonyl (C=O) groups is 1. The van der Waals surface area contributed by atoms with Crippen molar-refractivity contribution in [1.29, 1.82) is 0 Å². The molecular weight excluding hydrogens is 360 g/mol. The minimum atomic E-state index is -0.0453. The second kappa shape index (κ2) is 7.53. The van der Waals surface area contributed by atoms with Crippen LogP contribution in [0.3, 0.4) is 0 Å². The number of rotatable bonds is 6. The van der Waals surface area contributed by atoms with Gasteiger partial charge in [0.1, 0.15) is 0 Å². The largest absolute Gasteiger partial charge is 0.349 e. The van der Waals surface area contributed by atoms with Gasteiger partial charge < -0.3 is 5.32 Å². The molecule has 1 aliphatic rings. The number of benzene rings is 1. The van der Waals surface area contributed by atoms with Gasteiger partial charge in [-0.2, -0.15) is 5.10 Å². The van der Waals surface area contributed by atoms with E-state index in [4.69, 9.17) is 11.6 Å². The van der Waals surface area contributed by atoms with Crippen molar-refractivity contribution in [1.82, 2.24) is 20.1 Å². The summed E-state index contributed by atoms with van der Waals surface area (Å²) in [6.07, 6.45) is 6.51. The van der Waals surface area contributed by atoms with Gasteiger partial charge in [0.25, 0.3) is 5.91 Å². The van der Waals surface area contributed by atoms with Crippen molar-refractivity contribution in [3.8, 4) is 22.5 Å². The number of amides is 1. The summed E-state index contributed by atoms with van der Waals surface area (Å²) in [5.74, 6) is -0.0453. The van der Waals surface area contributed by atoms with Crippen molar-refractivity contribution in [3.05, 3.63) is 59.4 Å². The van der Waals surface area contributed by atoms with Crippen molar-refractivity contribution in [2.45, 2.75) is 38.8 Å². The molecule has 1 amide bonds. The van der Waals surface area contributed by atoms with Gasteiger partial charge in [0, 0.05) is 41.7 Å². The third-order valence-corrected chi connectivity index (χ3v) is 4.80. The molecule has 1 aliphatic carbocycles. The molecule has 1 N–H and O–H groups in total. The van der Waals surface area contributed by atoms with Crippen molar-refractivity contribution >= 4 is 17.5 Å². The fraction of sp³-hybridized carbons (Fsp3) is 0.286. The Morgan fingerprint density at radius 3 is 2.74 bits per heavy atom. The molecule has 0 atom stereocenters. The Morgan fingerprint density at radius 1 is 1.22 bits per heavy atom. The topological polar surface area (TPSA) is 59.8 Å². The molecule has 1 aromatic carbocycles. The van der Waals surface area contributed by atoms with Gasteiger partial charge in [-0.3, -0.25) is 14.5 Å². The van der Waals surface area contributed by atoms with Gasteiger partial charge in [0.2, 0.25) is 0 Å². The van der Waals surface area contributed by atoms with Crippen LogP contribution in [0.5, 0.6) is 0 Å². The predicted octanol–water partition coefficient (Wildman–Crippen LogP) is 4.57.